The maximum Gasteiger partial charge on any atom is 0.302 e. The van der Waals surface area contributed by atoms with Gasteiger partial charge in [-0.05, 0) is 99.8 Å². The molecule has 3 saturated heterocycles. The van der Waals surface area contributed by atoms with Crippen LogP contribution in [0.15, 0.2) is 23.2 Å². The lowest BCUT2D eigenvalue weighted by molar-refractivity contribution is -0.152. The lowest BCUT2D eigenvalue weighted by atomic mass is 9.67. The van der Waals surface area contributed by atoms with E-state index in [2.05, 4.69) is 39.2 Å². The van der Waals surface area contributed by atoms with E-state index in [0.29, 0.717) is 62.1 Å². The molecule has 11 heteroatoms. The smallest absolute Gasteiger partial charge is 0.302 e. The number of phenols is 1. The van der Waals surface area contributed by atoms with Gasteiger partial charge < -0.3 is 41.0 Å². The molecular weight excluding hydrogens is 693 g/mol. The average molecular weight is 761 g/mol. The molecule has 1 aromatic carbocycles. The van der Waals surface area contributed by atoms with Gasteiger partial charge in [-0.1, -0.05) is 50.5 Å². The number of nitrogens with two attached hydrogens (primary N) is 1. The highest BCUT2D eigenvalue weighted by atomic mass is 16.5. The van der Waals surface area contributed by atoms with Crippen molar-refractivity contribution >= 4 is 11.9 Å². The maximum absolute atomic E-state index is 12.7. The summed E-state index contributed by atoms with van der Waals surface area (Å²) in [6, 6.07) is 5.96. The van der Waals surface area contributed by atoms with Gasteiger partial charge in [-0.25, -0.2) is 4.99 Å². The number of unbranched alkanes of at least 4 members (excludes halogenated alkanes) is 2. The van der Waals surface area contributed by atoms with E-state index in [1.54, 1.807) is 6.07 Å². The van der Waals surface area contributed by atoms with E-state index >= 15 is 0 Å². The zero-order chi connectivity index (χ0) is 38.4. The van der Waals surface area contributed by atoms with Gasteiger partial charge in [-0.15, -0.1) is 0 Å². The number of aliphatic hydroxyl groups excluding tert-OH is 1. The van der Waals surface area contributed by atoms with Crippen molar-refractivity contribution in [3.63, 3.8) is 0 Å². The minimum absolute atomic E-state index is 0.0362. The van der Waals surface area contributed by atoms with Gasteiger partial charge in [0.15, 0.2) is 17.5 Å². The number of fused-ring (bicyclic) bond motifs is 9. The Morgan fingerprint density at radius 1 is 1.07 bits per heavy atom. The topological polar surface area (TPSA) is 145 Å². The zero-order valence-corrected chi connectivity index (χ0v) is 33.5. The number of nitrogens with one attached hydrogen (secondary N) is 2. The number of hydrogen-bond donors (Lipinski definition) is 5. The number of hydrogen-bond acceptors (Lipinski definition) is 11. The summed E-state index contributed by atoms with van der Waals surface area (Å²) in [6.07, 6.45) is 11.5. The second-order valence-electron chi connectivity index (χ2n) is 18.1. The van der Waals surface area contributed by atoms with Crippen LogP contribution in [0.3, 0.4) is 0 Å². The van der Waals surface area contributed by atoms with E-state index in [1.165, 1.54) is 19.8 Å². The van der Waals surface area contributed by atoms with Gasteiger partial charge in [-0.2, -0.15) is 0 Å². The van der Waals surface area contributed by atoms with Crippen LogP contribution in [0.1, 0.15) is 103 Å². The molecular formula is C44H68N6O5. The van der Waals surface area contributed by atoms with Crippen molar-refractivity contribution in [2.75, 3.05) is 52.5 Å². The second kappa shape index (κ2) is 18.5. The Hall–Kier alpha value is -3.04. The monoisotopic (exact) mass is 761 g/mol. The summed E-state index contributed by atoms with van der Waals surface area (Å²) < 4.78 is 12.6. The van der Waals surface area contributed by atoms with Crippen molar-refractivity contribution in [1.82, 2.24) is 20.4 Å². The average Bonchev–Trinajstić information content (AvgIpc) is 3.16. The lowest BCUT2D eigenvalue weighted by Gasteiger charge is -2.48. The van der Waals surface area contributed by atoms with Crippen LogP contribution in [0, 0.1) is 46.8 Å². The number of carbonyl (C=O) groups excluding carboxylic acids is 1. The Labute approximate surface area is 329 Å². The Balaban J connectivity index is 1.31. The number of phenolic OH excluding ortho intramolecular Hbond substituents is 1. The van der Waals surface area contributed by atoms with Gasteiger partial charge in [0.25, 0.3) is 0 Å². The molecule has 0 amide bonds. The third-order valence-electron chi connectivity index (χ3n) is 13.7. The maximum atomic E-state index is 12.7. The summed E-state index contributed by atoms with van der Waals surface area (Å²) in [7, 11) is 0. The highest BCUT2D eigenvalue weighted by Gasteiger charge is 2.43. The first-order valence-corrected chi connectivity index (χ1v) is 21.7. The van der Waals surface area contributed by atoms with E-state index in [0.717, 1.165) is 103 Å². The Morgan fingerprint density at radius 2 is 1.89 bits per heavy atom. The second-order valence-corrected chi connectivity index (χ2v) is 18.1. The lowest BCUT2D eigenvalue weighted by Crippen LogP contribution is -2.54. The van der Waals surface area contributed by atoms with Crippen LogP contribution in [-0.4, -0.2) is 109 Å². The minimum Gasteiger partial charge on any atom is -0.504 e. The number of piperidine rings is 3. The predicted molar refractivity (Wildman–Crippen MR) is 215 cm³/mol. The molecule has 6 heterocycles. The fourth-order valence-electron chi connectivity index (χ4n) is 11.0. The highest BCUT2D eigenvalue weighted by molar-refractivity contribution is 5.77. The van der Waals surface area contributed by atoms with Crippen LogP contribution in [0.5, 0.6) is 11.5 Å². The van der Waals surface area contributed by atoms with Crippen molar-refractivity contribution in [3.8, 4) is 23.3 Å². The number of ether oxygens (including phenoxy) is 2. The number of benzene rings is 1. The third-order valence-corrected chi connectivity index (χ3v) is 13.7. The van der Waals surface area contributed by atoms with Crippen LogP contribution in [0.25, 0.3) is 0 Å². The zero-order valence-electron chi connectivity index (χ0n) is 33.5. The molecule has 7 aliphatic rings. The number of aromatic hydroxyl groups is 1. The molecule has 8 rings (SSSR count). The third kappa shape index (κ3) is 10.5. The van der Waals surface area contributed by atoms with Crippen molar-refractivity contribution in [3.05, 3.63) is 23.8 Å². The molecule has 6 aliphatic heterocycles. The normalized spacial score (nSPS) is 38.2. The summed E-state index contributed by atoms with van der Waals surface area (Å²) in [4.78, 5) is 22.8. The summed E-state index contributed by atoms with van der Waals surface area (Å²) in [6.45, 7) is 11.2. The number of guanidine groups is 1. The molecule has 1 spiro atoms. The largest absolute Gasteiger partial charge is 0.504 e. The molecule has 0 saturated carbocycles. The fraction of sp³-hybridized carbons (Fsp3) is 0.773. The summed E-state index contributed by atoms with van der Waals surface area (Å²) >= 11 is 0. The van der Waals surface area contributed by atoms with Crippen molar-refractivity contribution in [1.29, 1.82) is 0 Å². The molecule has 55 heavy (non-hydrogen) atoms. The number of aliphatic imine (C=N–C) groups is 1. The van der Waals surface area contributed by atoms with Gasteiger partial charge in [-0.3, -0.25) is 9.69 Å². The minimum atomic E-state index is -0.667. The number of aliphatic hydroxyl groups is 1. The van der Waals surface area contributed by atoms with Crippen LogP contribution in [0.2, 0.25) is 0 Å². The van der Waals surface area contributed by atoms with Gasteiger partial charge in [0, 0.05) is 70.5 Å². The first kappa shape index (κ1) is 40.2. The Kier molecular flexibility index (Phi) is 13.5. The Morgan fingerprint density at radius 3 is 2.69 bits per heavy atom. The van der Waals surface area contributed by atoms with Gasteiger partial charge in [0.05, 0.1) is 18.2 Å². The van der Waals surface area contributed by atoms with E-state index in [9.17, 15) is 15.0 Å². The van der Waals surface area contributed by atoms with Gasteiger partial charge in [0.1, 0.15) is 12.2 Å². The summed E-state index contributed by atoms with van der Waals surface area (Å²) in [5.41, 5.74) is 7.22. The number of carbonyl (C=O) groups is 1. The number of esters is 1. The van der Waals surface area contributed by atoms with Crippen LogP contribution in [-0.2, 0) is 16.0 Å². The van der Waals surface area contributed by atoms with E-state index < -0.39 is 17.6 Å². The van der Waals surface area contributed by atoms with Gasteiger partial charge in [0.2, 0.25) is 0 Å². The SMILES string of the molecule is CCCCC[C@H]1CN2C[C@@H]3C[C@H](CN(CN=C(N)NC[C@@]14C#C[C@H]1CCC[C@@H]5C[C@@H](CCN5)Oc5cc(ccc5O)C[C@H]1[C@@H](OC(C)=O)C[C@@H](O)CC4)C3)C2. The van der Waals surface area contributed by atoms with E-state index in [-0.39, 0.29) is 35.6 Å². The number of nitrogens with zero attached hydrogens (tertiary/aromatic N) is 3. The van der Waals surface area contributed by atoms with Gasteiger partial charge >= 0.3 is 5.97 Å². The molecule has 0 radical (unpaired) electrons. The molecule has 10 atom stereocenters. The highest BCUT2D eigenvalue weighted by Crippen LogP contribution is 2.42. The standard InChI is InChI=1S/C44H68N6O5/c1-3-4-5-8-35-27-49-23-32-18-33(24-49)26-50(25-32)29-48-43(45)47-28-44(35)15-12-34-7-6-9-36-21-38(14-17-46-36)55-42-20-31(10-11-40(42)53)19-39(34)41(54-30(2)51)22-37(52)13-16-44/h10-11,20,32-39,41,46,52-53H,3-9,13-14,16-19,21-29H2,1-2H3,(H3,45,47,48)/t32-,33-,34+,35-,36+,37-,38+,39+,41-,44-/m0/s1. The fourth-order valence-corrected chi connectivity index (χ4v) is 11.0. The quantitative estimate of drug-likeness (QED) is 0.164. The molecule has 8 bridgehead atoms. The summed E-state index contributed by atoms with van der Waals surface area (Å²) in [5, 5.41) is 30.1. The van der Waals surface area contributed by atoms with Crippen molar-refractivity contribution in [2.45, 2.75) is 128 Å². The van der Waals surface area contributed by atoms with Crippen LogP contribution >= 0.6 is 0 Å². The molecule has 3 fully saturated rings. The van der Waals surface area contributed by atoms with E-state index in [4.69, 9.17) is 20.2 Å². The number of rotatable bonds is 5. The Bertz CT molecular complexity index is 1530. The van der Waals surface area contributed by atoms with Crippen molar-refractivity contribution < 1.29 is 24.5 Å². The molecule has 11 nitrogen and oxygen atoms in total. The first-order chi connectivity index (χ1) is 26.6. The van der Waals surface area contributed by atoms with Crippen LogP contribution < -0.4 is 21.1 Å². The molecule has 304 valence electrons. The van der Waals surface area contributed by atoms with E-state index in [1.807, 2.05) is 12.1 Å². The van der Waals surface area contributed by atoms with Crippen molar-refractivity contribution in [2.24, 2.45) is 45.7 Å². The molecule has 1 aliphatic carbocycles. The molecule has 1 aromatic rings. The summed E-state index contributed by atoms with van der Waals surface area (Å²) in [5.74, 6) is 10.1. The molecule has 0 unspecified atom stereocenters. The molecule has 0 aromatic heterocycles. The predicted octanol–water partition coefficient (Wildman–Crippen LogP) is 4.64. The molecule has 6 N–H and O–H groups in total. The van der Waals surface area contributed by atoms with Crippen LogP contribution in [0.4, 0.5) is 0 Å². The first-order valence-electron chi connectivity index (χ1n) is 21.7.